The molecule has 2 unspecified atom stereocenters. The van der Waals surface area contributed by atoms with Crippen molar-refractivity contribution in [2.24, 2.45) is 0 Å². The molecular formula is C14H21NO3. The predicted molar refractivity (Wildman–Crippen MR) is 70.1 cm³/mol. The first-order valence-electron chi connectivity index (χ1n) is 6.47. The Labute approximate surface area is 108 Å². The van der Waals surface area contributed by atoms with Gasteiger partial charge >= 0.3 is 0 Å². The number of benzene rings is 1. The van der Waals surface area contributed by atoms with E-state index in [0.29, 0.717) is 19.3 Å². The molecule has 1 aliphatic heterocycles. The zero-order valence-corrected chi connectivity index (χ0v) is 11.0. The third-order valence-corrected chi connectivity index (χ3v) is 3.16. The zero-order chi connectivity index (χ0) is 13.0. The Morgan fingerprint density at radius 3 is 2.67 bits per heavy atom. The van der Waals surface area contributed by atoms with Crippen LogP contribution in [0.4, 0.5) is 0 Å². The molecule has 2 N–H and O–H groups in total. The Hall–Kier alpha value is -1.26. The van der Waals surface area contributed by atoms with Crippen LogP contribution in [0.2, 0.25) is 0 Å². The highest BCUT2D eigenvalue weighted by molar-refractivity contribution is 5.44. The Kier molecular flexibility index (Phi) is 4.44. The van der Waals surface area contributed by atoms with Crippen LogP contribution in [-0.4, -0.2) is 31.0 Å². The minimum Gasteiger partial charge on any atom is -0.486 e. The van der Waals surface area contributed by atoms with Crippen molar-refractivity contribution in [2.75, 3.05) is 19.8 Å². The summed E-state index contributed by atoms with van der Waals surface area (Å²) in [5, 5.41) is 12.3. The van der Waals surface area contributed by atoms with Crippen LogP contribution >= 0.6 is 0 Å². The van der Waals surface area contributed by atoms with Crippen LogP contribution in [0.25, 0.3) is 0 Å². The standard InChI is InChI=1S/C14H21NO3/c1-10(5-6-16)15-11(2)12-3-4-13-14(9-12)18-8-7-17-13/h3-4,9-11,15-16H,5-8H2,1-2H3. The Morgan fingerprint density at radius 2 is 1.94 bits per heavy atom. The number of aliphatic hydroxyl groups excluding tert-OH is 1. The van der Waals surface area contributed by atoms with Gasteiger partial charge in [-0.25, -0.2) is 0 Å². The van der Waals surface area contributed by atoms with Crippen molar-refractivity contribution in [3.05, 3.63) is 23.8 Å². The Bertz CT molecular complexity index is 395. The van der Waals surface area contributed by atoms with Gasteiger partial charge in [-0.1, -0.05) is 6.07 Å². The first-order valence-corrected chi connectivity index (χ1v) is 6.47. The fourth-order valence-electron chi connectivity index (χ4n) is 2.13. The van der Waals surface area contributed by atoms with Gasteiger partial charge in [0.2, 0.25) is 0 Å². The van der Waals surface area contributed by atoms with Gasteiger partial charge in [-0.15, -0.1) is 0 Å². The van der Waals surface area contributed by atoms with Crippen LogP contribution in [0.15, 0.2) is 18.2 Å². The number of fused-ring (bicyclic) bond motifs is 1. The molecule has 1 aromatic carbocycles. The second kappa shape index (κ2) is 6.07. The second-order valence-corrected chi connectivity index (χ2v) is 4.70. The maximum atomic E-state index is 8.90. The summed E-state index contributed by atoms with van der Waals surface area (Å²) >= 11 is 0. The van der Waals surface area contributed by atoms with E-state index in [2.05, 4.69) is 25.2 Å². The quantitative estimate of drug-likeness (QED) is 0.839. The molecule has 0 spiro atoms. The molecule has 0 amide bonds. The number of rotatable bonds is 5. The molecule has 100 valence electrons. The van der Waals surface area contributed by atoms with Gasteiger partial charge in [0, 0.05) is 18.7 Å². The Balaban J connectivity index is 2.04. The summed E-state index contributed by atoms with van der Waals surface area (Å²) in [6, 6.07) is 6.55. The summed E-state index contributed by atoms with van der Waals surface area (Å²) in [5.74, 6) is 1.64. The maximum Gasteiger partial charge on any atom is 0.161 e. The van der Waals surface area contributed by atoms with Crippen LogP contribution in [-0.2, 0) is 0 Å². The molecule has 0 aromatic heterocycles. The molecule has 18 heavy (non-hydrogen) atoms. The van der Waals surface area contributed by atoms with Crippen LogP contribution in [0.3, 0.4) is 0 Å². The third-order valence-electron chi connectivity index (χ3n) is 3.16. The number of aliphatic hydroxyl groups is 1. The van der Waals surface area contributed by atoms with Crippen molar-refractivity contribution in [1.82, 2.24) is 5.32 Å². The molecule has 1 aromatic rings. The lowest BCUT2D eigenvalue weighted by molar-refractivity contribution is 0.171. The van der Waals surface area contributed by atoms with Crippen molar-refractivity contribution in [2.45, 2.75) is 32.4 Å². The third kappa shape index (κ3) is 3.15. The average Bonchev–Trinajstić information content (AvgIpc) is 2.38. The number of hydrogen-bond donors (Lipinski definition) is 2. The average molecular weight is 251 g/mol. The number of hydrogen-bond acceptors (Lipinski definition) is 4. The lowest BCUT2D eigenvalue weighted by Gasteiger charge is -2.23. The molecule has 0 radical (unpaired) electrons. The van der Waals surface area contributed by atoms with E-state index in [1.165, 1.54) is 5.56 Å². The Morgan fingerprint density at radius 1 is 1.22 bits per heavy atom. The van der Waals surface area contributed by atoms with Gasteiger partial charge in [-0.05, 0) is 38.0 Å². The van der Waals surface area contributed by atoms with Gasteiger partial charge in [0.1, 0.15) is 13.2 Å². The predicted octanol–water partition coefficient (Wildman–Crippen LogP) is 1.88. The van der Waals surface area contributed by atoms with Crippen molar-refractivity contribution in [3.63, 3.8) is 0 Å². The van der Waals surface area contributed by atoms with Gasteiger partial charge in [-0.3, -0.25) is 0 Å². The van der Waals surface area contributed by atoms with E-state index in [1.54, 1.807) is 0 Å². The van der Waals surface area contributed by atoms with E-state index < -0.39 is 0 Å². The van der Waals surface area contributed by atoms with Crippen LogP contribution in [0.1, 0.15) is 31.9 Å². The topological polar surface area (TPSA) is 50.7 Å². The van der Waals surface area contributed by atoms with Crippen LogP contribution < -0.4 is 14.8 Å². The second-order valence-electron chi connectivity index (χ2n) is 4.70. The van der Waals surface area contributed by atoms with E-state index in [0.717, 1.165) is 17.9 Å². The first kappa shape index (κ1) is 13.2. The smallest absolute Gasteiger partial charge is 0.161 e. The molecule has 0 saturated heterocycles. The summed E-state index contributed by atoms with van der Waals surface area (Å²) in [6.45, 7) is 5.62. The van der Waals surface area contributed by atoms with E-state index in [-0.39, 0.29) is 12.6 Å². The molecule has 2 rings (SSSR count). The summed E-state index contributed by atoms with van der Waals surface area (Å²) in [4.78, 5) is 0. The molecule has 4 heteroatoms. The van der Waals surface area contributed by atoms with E-state index in [4.69, 9.17) is 14.6 Å². The minimum atomic E-state index is 0.210. The molecule has 0 bridgehead atoms. The van der Waals surface area contributed by atoms with Crippen molar-refractivity contribution in [1.29, 1.82) is 0 Å². The molecule has 1 heterocycles. The number of ether oxygens (including phenoxy) is 2. The SMILES string of the molecule is CC(CCO)NC(C)c1ccc2c(c1)OCCO2. The molecular weight excluding hydrogens is 230 g/mol. The van der Waals surface area contributed by atoms with E-state index >= 15 is 0 Å². The van der Waals surface area contributed by atoms with Crippen molar-refractivity contribution >= 4 is 0 Å². The highest BCUT2D eigenvalue weighted by Crippen LogP contribution is 2.32. The molecule has 4 nitrogen and oxygen atoms in total. The fourth-order valence-corrected chi connectivity index (χ4v) is 2.13. The summed E-state index contributed by atoms with van der Waals surface area (Å²) < 4.78 is 11.1. The number of nitrogens with one attached hydrogen (secondary N) is 1. The van der Waals surface area contributed by atoms with Gasteiger partial charge in [0.05, 0.1) is 0 Å². The summed E-state index contributed by atoms with van der Waals surface area (Å²) in [5.41, 5.74) is 1.17. The molecule has 2 atom stereocenters. The molecule has 1 aliphatic rings. The lowest BCUT2D eigenvalue weighted by Crippen LogP contribution is -2.29. The highest BCUT2D eigenvalue weighted by atomic mass is 16.6. The fraction of sp³-hybridized carbons (Fsp3) is 0.571. The summed E-state index contributed by atoms with van der Waals surface area (Å²) in [7, 11) is 0. The van der Waals surface area contributed by atoms with Gasteiger partial charge < -0.3 is 19.9 Å². The van der Waals surface area contributed by atoms with E-state index in [1.807, 2.05) is 12.1 Å². The van der Waals surface area contributed by atoms with E-state index in [9.17, 15) is 0 Å². The summed E-state index contributed by atoms with van der Waals surface area (Å²) in [6.07, 6.45) is 0.759. The molecule has 0 saturated carbocycles. The van der Waals surface area contributed by atoms with Gasteiger partial charge in [-0.2, -0.15) is 0 Å². The van der Waals surface area contributed by atoms with Crippen molar-refractivity contribution in [3.8, 4) is 11.5 Å². The maximum absolute atomic E-state index is 8.90. The zero-order valence-electron chi connectivity index (χ0n) is 11.0. The molecule has 0 aliphatic carbocycles. The first-order chi connectivity index (χ1) is 8.70. The normalized spacial score (nSPS) is 17.3. The highest BCUT2D eigenvalue weighted by Gasteiger charge is 2.15. The van der Waals surface area contributed by atoms with Crippen LogP contribution in [0, 0.1) is 0 Å². The van der Waals surface area contributed by atoms with Crippen LogP contribution in [0.5, 0.6) is 11.5 Å². The van der Waals surface area contributed by atoms with Gasteiger partial charge in [0.15, 0.2) is 11.5 Å². The largest absolute Gasteiger partial charge is 0.486 e. The van der Waals surface area contributed by atoms with Gasteiger partial charge in [0.25, 0.3) is 0 Å². The van der Waals surface area contributed by atoms with Crippen molar-refractivity contribution < 1.29 is 14.6 Å². The monoisotopic (exact) mass is 251 g/mol. The lowest BCUT2D eigenvalue weighted by atomic mass is 10.1. The minimum absolute atomic E-state index is 0.210. The molecule has 0 fully saturated rings.